The van der Waals surface area contributed by atoms with Crippen LogP contribution in [0.25, 0.3) is 0 Å². The molecule has 1 aromatic rings. The zero-order valence-corrected chi connectivity index (χ0v) is 16.2. The fourth-order valence-electron chi connectivity index (χ4n) is 3.42. The highest BCUT2D eigenvalue weighted by atomic mass is 35.5. The molecule has 6 atom stereocenters. The summed E-state index contributed by atoms with van der Waals surface area (Å²) in [6.45, 7) is 3.07. The van der Waals surface area contributed by atoms with Gasteiger partial charge < -0.3 is 14.0 Å². The molecule has 27 heavy (non-hydrogen) atoms. The molecule has 6 unspecified atom stereocenters. The predicted molar refractivity (Wildman–Crippen MR) is 92.3 cm³/mol. The molecule has 144 valence electrons. The van der Waals surface area contributed by atoms with E-state index in [9.17, 15) is 13.8 Å². The van der Waals surface area contributed by atoms with Gasteiger partial charge in [0.25, 0.3) is 0 Å². The third-order valence-electron chi connectivity index (χ3n) is 4.86. The van der Waals surface area contributed by atoms with E-state index in [1.54, 1.807) is 6.07 Å². The maximum absolute atomic E-state index is 14.9. The Morgan fingerprint density at radius 2 is 2.26 bits per heavy atom. The highest BCUT2D eigenvalue weighted by Crippen LogP contribution is 2.68. The standard InChI is InChI=1S/C16H16BClFO7P/c1-3-9-4-5-11-10(6-9)7-22-27(21,25-11)26-13-12-15(13,24-8(2)20)16(18,19)14(17)23-12/h4-6,12-14H,3,7H2,1-2H3. The van der Waals surface area contributed by atoms with E-state index in [-0.39, 0.29) is 6.61 Å². The lowest BCUT2D eigenvalue weighted by atomic mass is 9.91. The molecule has 1 saturated heterocycles. The van der Waals surface area contributed by atoms with Crippen molar-refractivity contribution >= 4 is 33.2 Å². The number of rotatable bonds is 4. The fourth-order valence-corrected chi connectivity index (χ4v) is 5.14. The lowest BCUT2D eigenvalue weighted by Gasteiger charge is -2.30. The van der Waals surface area contributed by atoms with Crippen LogP contribution in [0.3, 0.4) is 0 Å². The fraction of sp³-hybridized carbons (Fsp3) is 0.562. The van der Waals surface area contributed by atoms with Crippen molar-refractivity contribution in [2.75, 3.05) is 0 Å². The lowest BCUT2D eigenvalue weighted by Crippen LogP contribution is -2.48. The number of esters is 1. The van der Waals surface area contributed by atoms with Gasteiger partial charge in [0, 0.05) is 12.5 Å². The zero-order valence-electron chi connectivity index (χ0n) is 14.5. The maximum Gasteiger partial charge on any atom is 0.530 e. The van der Waals surface area contributed by atoms with Gasteiger partial charge in [0.15, 0.2) is 0 Å². The van der Waals surface area contributed by atoms with E-state index in [0.29, 0.717) is 11.3 Å². The summed E-state index contributed by atoms with van der Waals surface area (Å²) in [4.78, 5) is 11.4. The van der Waals surface area contributed by atoms with Crippen molar-refractivity contribution < 1.29 is 36.8 Å². The summed E-state index contributed by atoms with van der Waals surface area (Å²) < 4.78 is 54.1. The first kappa shape index (κ1) is 19.2. The Morgan fingerprint density at radius 1 is 1.52 bits per heavy atom. The normalized spacial score (nSPS) is 42.0. The number of hydrogen-bond donors (Lipinski definition) is 0. The first-order valence-electron chi connectivity index (χ1n) is 8.36. The summed E-state index contributed by atoms with van der Waals surface area (Å²) >= 11 is 5.84. The quantitative estimate of drug-likeness (QED) is 0.323. The first-order chi connectivity index (χ1) is 12.6. The average Bonchev–Trinajstić information content (AvgIpc) is 3.12. The molecule has 1 saturated carbocycles. The molecule has 0 bridgehead atoms. The second-order valence-electron chi connectivity index (χ2n) is 6.62. The predicted octanol–water partition coefficient (Wildman–Crippen LogP) is 2.76. The first-order valence-corrected chi connectivity index (χ1v) is 10.2. The Bertz CT molecular complexity index is 852. The van der Waals surface area contributed by atoms with Crippen LogP contribution in [-0.4, -0.2) is 42.8 Å². The summed E-state index contributed by atoms with van der Waals surface area (Å²) in [6.07, 6.45) is -1.59. The van der Waals surface area contributed by atoms with Gasteiger partial charge in [-0.2, -0.15) is 0 Å². The minimum absolute atomic E-state index is 0.0135. The largest absolute Gasteiger partial charge is 0.530 e. The summed E-state index contributed by atoms with van der Waals surface area (Å²) in [7, 11) is 1.39. The number of carbonyl (C=O) groups excluding carboxylic acids is 1. The third-order valence-corrected chi connectivity index (χ3v) is 6.72. The summed E-state index contributed by atoms with van der Waals surface area (Å²) in [5.74, 6) is -0.475. The van der Waals surface area contributed by atoms with Crippen LogP contribution in [0.5, 0.6) is 5.75 Å². The van der Waals surface area contributed by atoms with Crippen LogP contribution in [0.1, 0.15) is 25.0 Å². The van der Waals surface area contributed by atoms with Crippen LogP contribution in [0.2, 0.25) is 0 Å². The van der Waals surface area contributed by atoms with Gasteiger partial charge in [0.2, 0.25) is 10.7 Å². The molecule has 1 aliphatic carbocycles. The number of phosphoric ester groups is 1. The molecule has 2 radical (unpaired) electrons. The zero-order chi connectivity index (χ0) is 19.6. The SMILES string of the molecule is [B]C1OC2C(OP3(=O)OCc4cc(CC)ccc4O3)C2(OC(C)=O)C1(F)Cl. The van der Waals surface area contributed by atoms with Crippen molar-refractivity contribution in [3.05, 3.63) is 29.3 Å². The van der Waals surface area contributed by atoms with Crippen molar-refractivity contribution in [1.29, 1.82) is 0 Å². The highest BCUT2D eigenvalue weighted by Gasteiger charge is 2.88. The van der Waals surface area contributed by atoms with Crippen molar-refractivity contribution in [1.82, 2.24) is 0 Å². The van der Waals surface area contributed by atoms with E-state index < -0.39 is 42.7 Å². The molecule has 0 spiro atoms. The van der Waals surface area contributed by atoms with Crippen molar-refractivity contribution in [2.24, 2.45) is 0 Å². The van der Waals surface area contributed by atoms with Crippen molar-refractivity contribution in [3.8, 4) is 5.75 Å². The second kappa shape index (κ2) is 6.19. The molecule has 1 aromatic carbocycles. The molecule has 3 aliphatic rings. The highest BCUT2D eigenvalue weighted by molar-refractivity contribution is 7.49. The van der Waals surface area contributed by atoms with Gasteiger partial charge in [0.1, 0.15) is 25.8 Å². The van der Waals surface area contributed by atoms with Gasteiger partial charge in [-0.05, 0) is 24.1 Å². The minimum Gasteiger partial charge on any atom is -0.448 e. The van der Waals surface area contributed by atoms with E-state index >= 15 is 0 Å². The van der Waals surface area contributed by atoms with Gasteiger partial charge in [-0.3, -0.25) is 13.8 Å². The topological polar surface area (TPSA) is 80.3 Å². The Kier molecular flexibility index (Phi) is 4.41. The Morgan fingerprint density at radius 3 is 2.93 bits per heavy atom. The number of phosphoric acid groups is 1. The van der Waals surface area contributed by atoms with E-state index in [1.807, 2.05) is 19.1 Å². The Labute approximate surface area is 161 Å². The Hall–Kier alpha value is -1.12. The average molecular weight is 417 g/mol. The number of hydrogen-bond acceptors (Lipinski definition) is 7. The number of aryl methyl sites for hydroxylation is 1. The molecule has 11 heteroatoms. The Balaban J connectivity index is 1.56. The third kappa shape index (κ3) is 2.83. The number of fused-ring (bicyclic) bond motifs is 2. The summed E-state index contributed by atoms with van der Waals surface area (Å²) in [6, 6.07) is 3.83. The monoisotopic (exact) mass is 416 g/mol. The van der Waals surface area contributed by atoms with E-state index in [4.69, 9.17) is 42.5 Å². The summed E-state index contributed by atoms with van der Waals surface area (Å²) in [5.41, 5.74) is -0.238. The van der Waals surface area contributed by atoms with Crippen LogP contribution in [0, 0.1) is 0 Å². The van der Waals surface area contributed by atoms with E-state index in [2.05, 4.69) is 0 Å². The number of carbonyl (C=O) groups is 1. The van der Waals surface area contributed by atoms with Gasteiger partial charge in [-0.1, -0.05) is 24.6 Å². The van der Waals surface area contributed by atoms with Gasteiger partial charge in [-0.15, -0.1) is 0 Å². The number of ether oxygens (including phenoxy) is 2. The van der Waals surface area contributed by atoms with Crippen LogP contribution in [-0.2, 0) is 40.9 Å². The lowest BCUT2D eigenvalue weighted by molar-refractivity contribution is -0.156. The van der Waals surface area contributed by atoms with Crippen LogP contribution in [0.15, 0.2) is 18.2 Å². The van der Waals surface area contributed by atoms with Crippen LogP contribution >= 0.6 is 19.4 Å². The number of alkyl halides is 2. The number of benzene rings is 1. The van der Waals surface area contributed by atoms with Crippen LogP contribution < -0.4 is 4.52 Å². The number of halogens is 2. The van der Waals surface area contributed by atoms with Gasteiger partial charge >= 0.3 is 13.8 Å². The molecule has 0 N–H and O–H groups in total. The van der Waals surface area contributed by atoms with Crippen molar-refractivity contribution in [3.63, 3.8) is 0 Å². The second-order valence-corrected chi connectivity index (χ2v) is 8.72. The van der Waals surface area contributed by atoms with Crippen LogP contribution in [0.4, 0.5) is 4.39 Å². The molecular formula is C16H16BClFO7P. The smallest absolute Gasteiger partial charge is 0.448 e. The van der Waals surface area contributed by atoms with Gasteiger partial charge in [-0.25, -0.2) is 8.96 Å². The molecular weight excluding hydrogens is 400 g/mol. The molecule has 2 heterocycles. The molecule has 0 amide bonds. The summed E-state index contributed by atoms with van der Waals surface area (Å²) in [5, 5.41) is -2.75. The van der Waals surface area contributed by atoms with Gasteiger partial charge in [0.05, 0.1) is 12.6 Å². The van der Waals surface area contributed by atoms with E-state index in [1.165, 1.54) is 0 Å². The molecule has 4 rings (SSSR count). The molecule has 2 aliphatic heterocycles. The minimum atomic E-state index is -4.12. The molecule has 2 fully saturated rings. The maximum atomic E-state index is 14.9. The molecule has 0 aromatic heterocycles. The van der Waals surface area contributed by atoms with E-state index in [0.717, 1.165) is 18.9 Å². The van der Waals surface area contributed by atoms with Crippen molar-refractivity contribution in [2.45, 2.75) is 55.8 Å². The molecule has 7 nitrogen and oxygen atoms in total.